The molecule has 0 fully saturated rings. The number of hydrogen-bond acceptors (Lipinski definition) is 1. The molecule has 0 aliphatic carbocycles. The number of anilines is 1. The third-order valence-electron chi connectivity index (χ3n) is 2.06. The summed E-state index contributed by atoms with van der Waals surface area (Å²) in [5.41, 5.74) is 4.04. The molecule has 0 amide bonds. The van der Waals surface area contributed by atoms with Gasteiger partial charge in [-0.1, -0.05) is 26.0 Å². The van der Waals surface area contributed by atoms with Crippen LogP contribution >= 0.6 is 0 Å². The fraction of sp³-hybridized carbons (Fsp3) is 0.500. The highest BCUT2D eigenvalue weighted by Crippen LogP contribution is 2.19. The fourth-order valence-electron chi connectivity index (χ4n) is 1.22. The molecule has 13 heavy (non-hydrogen) atoms. The summed E-state index contributed by atoms with van der Waals surface area (Å²) in [6, 6.07) is 6.38. The predicted octanol–water partition coefficient (Wildman–Crippen LogP) is 3.40. The van der Waals surface area contributed by atoms with E-state index in [1.165, 1.54) is 16.8 Å². The van der Waals surface area contributed by atoms with Crippen LogP contribution in [0.2, 0.25) is 0 Å². The van der Waals surface area contributed by atoms with Crippen LogP contribution in [0.25, 0.3) is 0 Å². The van der Waals surface area contributed by atoms with Crippen molar-refractivity contribution in [3.63, 3.8) is 0 Å². The van der Waals surface area contributed by atoms with Crippen LogP contribution in [0, 0.1) is 13.8 Å². The lowest BCUT2D eigenvalue weighted by Gasteiger charge is -2.16. The van der Waals surface area contributed by atoms with Crippen LogP contribution in [0.4, 0.5) is 5.69 Å². The third-order valence-corrected chi connectivity index (χ3v) is 2.06. The van der Waals surface area contributed by atoms with E-state index in [-0.39, 0.29) is 0 Å². The summed E-state index contributed by atoms with van der Waals surface area (Å²) in [5, 5.41) is 0. The minimum Gasteiger partial charge on any atom is -0.377 e. The lowest BCUT2D eigenvalue weighted by Crippen LogP contribution is -2.10. The first kappa shape index (κ1) is 12.0. The SMILES string of the molecule is CC.Cc1cccc(N(C)C)c1C. The molecule has 74 valence electrons. The summed E-state index contributed by atoms with van der Waals surface area (Å²) in [6.45, 7) is 8.30. The molecule has 0 unspecified atom stereocenters. The average molecular weight is 179 g/mol. The first-order valence-corrected chi connectivity index (χ1v) is 4.86. The second-order valence-corrected chi connectivity index (χ2v) is 3.11. The third kappa shape index (κ3) is 3.10. The number of hydrogen-bond donors (Lipinski definition) is 0. The van der Waals surface area contributed by atoms with Crippen LogP contribution in [0.1, 0.15) is 25.0 Å². The zero-order valence-corrected chi connectivity index (χ0v) is 9.68. The Bertz CT molecular complexity index is 251. The van der Waals surface area contributed by atoms with Crippen molar-refractivity contribution < 1.29 is 0 Å². The van der Waals surface area contributed by atoms with E-state index in [9.17, 15) is 0 Å². The summed E-state index contributed by atoms with van der Waals surface area (Å²) >= 11 is 0. The molecule has 0 heterocycles. The fourth-order valence-corrected chi connectivity index (χ4v) is 1.22. The van der Waals surface area contributed by atoms with Crippen LogP contribution in [-0.2, 0) is 0 Å². The van der Waals surface area contributed by atoms with E-state index in [0.29, 0.717) is 0 Å². The maximum Gasteiger partial charge on any atom is 0.0393 e. The van der Waals surface area contributed by atoms with Gasteiger partial charge in [-0.25, -0.2) is 0 Å². The molecular formula is C12H21N. The van der Waals surface area contributed by atoms with Crippen LogP contribution in [0.15, 0.2) is 18.2 Å². The van der Waals surface area contributed by atoms with E-state index < -0.39 is 0 Å². The van der Waals surface area contributed by atoms with Crippen molar-refractivity contribution in [2.75, 3.05) is 19.0 Å². The lowest BCUT2D eigenvalue weighted by atomic mass is 10.1. The van der Waals surface area contributed by atoms with Gasteiger partial charge in [-0.2, -0.15) is 0 Å². The summed E-state index contributed by atoms with van der Waals surface area (Å²) in [4.78, 5) is 2.14. The molecule has 1 heteroatoms. The maximum atomic E-state index is 2.16. The molecular weight excluding hydrogens is 158 g/mol. The van der Waals surface area contributed by atoms with Gasteiger partial charge in [0, 0.05) is 19.8 Å². The maximum absolute atomic E-state index is 2.16. The van der Waals surface area contributed by atoms with Gasteiger partial charge >= 0.3 is 0 Å². The second kappa shape index (κ2) is 5.63. The van der Waals surface area contributed by atoms with Crippen LogP contribution < -0.4 is 4.90 Å². The number of rotatable bonds is 1. The van der Waals surface area contributed by atoms with E-state index in [2.05, 4.69) is 51.0 Å². The molecule has 0 spiro atoms. The second-order valence-electron chi connectivity index (χ2n) is 3.11. The van der Waals surface area contributed by atoms with Crippen molar-refractivity contribution in [1.29, 1.82) is 0 Å². The lowest BCUT2D eigenvalue weighted by molar-refractivity contribution is 1.10. The van der Waals surface area contributed by atoms with Gasteiger partial charge < -0.3 is 4.90 Å². The van der Waals surface area contributed by atoms with Gasteiger partial charge in [-0.15, -0.1) is 0 Å². The van der Waals surface area contributed by atoms with E-state index in [0.717, 1.165) is 0 Å². The Morgan fingerprint density at radius 1 is 1.00 bits per heavy atom. The van der Waals surface area contributed by atoms with Crippen molar-refractivity contribution >= 4 is 5.69 Å². The number of benzene rings is 1. The highest BCUT2D eigenvalue weighted by molar-refractivity contribution is 5.54. The summed E-state index contributed by atoms with van der Waals surface area (Å²) < 4.78 is 0. The van der Waals surface area contributed by atoms with E-state index in [1.54, 1.807) is 0 Å². The minimum atomic E-state index is 1.31. The molecule has 0 radical (unpaired) electrons. The molecule has 0 aliphatic heterocycles. The van der Waals surface area contributed by atoms with Crippen LogP contribution in [-0.4, -0.2) is 14.1 Å². The van der Waals surface area contributed by atoms with Gasteiger partial charge in [0.15, 0.2) is 0 Å². The zero-order chi connectivity index (χ0) is 10.4. The Morgan fingerprint density at radius 2 is 1.54 bits per heavy atom. The van der Waals surface area contributed by atoms with Gasteiger partial charge in [0.1, 0.15) is 0 Å². The number of aryl methyl sites for hydroxylation is 1. The molecule has 0 saturated carbocycles. The summed E-state index contributed by atoms with van der Waals surface area (Å²) in [7, 11) is 4.14. The Morgan fingerprint density at radius 3 is 1.92 bits per heavy atom. The molecule has 1 rings (SSSR count). The number of nitrogens with zero attached hydrogens (tertiary/aromatic N) is 1. The van der Waals surface area contributed by atoms with Gasteiger partial charge in [0.25, 0.3) is 0 Å². The average Bonchev–Trinajstić information content (AvgIpc) is 2.13. The van der Waals surface area contributed by atoms with E-state index in [4.69, 9.17) is 0 Å². The summed E-state index contributed by atoms with van der Waals surface area (Å²) in [6.07, 6.45) is 0. The molecule has 1 aromatic rings. The molecule has 0 saturated heterocycles. The molecule has 1 nitrogen and oxygen atoms in total. The van der Waals surface area contributed by atoms with Crippen molar-refractivity contribution in [2.24, 2.45) is 0 Å². The monoisotopic (exact) mass is 179 g/mol. The highest BCUT2D eigenvalue weighted by atomic mass is 15.1. The van der Waals surface area contributed by atoms with Crippen LogP contribution in [0.5, 0.6) is 0 Å². The van der Waals surface area contributed by atoms with Crippen molar-refractivity contribution in [3.8, 4) is 0 Å². The van der Waals surface area contributed by atoms with Crippen molar-refractivity contribution in [2.45, 2.75) is 27.7 Å². The predicted molar refractivity (Wildman–Crippen MR) is 61.6 cm³/mol. The van der Waals surface area contributed by atoms with Gasteiger partial charge in [0.2, 0.25) is 0 Å². The van der Waals surface area contributed by atoms with Crippen LogP contribution in [0.3, 0.4) is 0 Å². The largest absolute Gasteiger partial charge is 0.377 e. The topological polar surface area (TPSA) is 3.24 Å². The Hall–Kier alpha value is -0.980. The van der Waals surface area contributed by atoms with Crippen molar-refractivity contribution in [1.82, 2.24) is 0 Å². The molecule has 1 aromatic carbocycles. The van der Waals surface area contributed by atoms with Crippen molar-refractivity contribution in [3.05, 3.63) is 29.3 Å². The first-order chi connectivity index (χ1) is 6.13. The molecule has 0 aliphatic rings. The molecule has 0 atom stereocenters. The van der Waals surface area contributed by atoms with Gasteiger partial charge in [-0.05, 0) is 31.0 Å². The Labute approximate surface area is 82.4 Å². The normalized spacial score (nSPS) is 8.77. The Balaban J connectivity index is 0.000000671. The molecule has 0 bridgehead atoms. The first-order valence-electron chi connectivity index (χ1n) is 4.86. The minimum absolute atomic E-state index is 1.31. The van der Waals surface area contributed by atoms with Gasteiger partial charge in [-0.3, -0.25) is 0 Å². The summed E-state index contributed by atoms with van der Waals surface area (Å²) in [5.74, 6) is 0. The van der Waals surface area contributed by atoms with E-state index in [1.807, 2.05) is 13.8 Å². The molecule has 0 N–H and O–H groups in total. The molecule has 0 aromatic heterocycles. The zero-order valence-electron chi connectivity index (χ0n) is 9.68. The standard InChI is InChI=1S/C10H15N.C2H6/c1-8-6-5-7-10(9(8)2)11(3)4;1-2/h5-7H,1-4H3;1-2H3. The van der Waals surface area contributed by atoms with Gasteiger partial charge in [0.05, 0.1) is 0 Å². The quantitative estimate of drug-likeness (QED) is 0.638. The Kier molecular flexibility index (Phi) is 5.20. The smallest absolute Gasteiger partial charge is 0.0393 e. The van der Waals surface area contributed by atoms with E-state index >= 15 is 0 Å². The highest BCUT2D eigenvalue weighted by Gasteiger charge is 2.00.